The first kappa shape index (κ1) is 15.8. The molecule has 0 heterocycles. The summed E-state index contributed by atoms with van der Waals surface area (Å²) in [5.74, 6) is 0.101. The van der Waals surface area contributed by atoms with E-state index in [1.54, 1.807) is 0 Å². The largest absolute Gasteiger partial charge is 0.491 e. The molecule has 0 saturated heterocycles. The van der Waals surface area contributed by atoms with Crippen LogP contribution in [0.5, 0.6) is 5.75 Å². The molecule has 0 bridgehead atoms. The molecule has 0 aromatic heterocycles. The van der Waals surface area contributed by atoms with Crippen LogP contribution in [0.2, 0.25) is 0 Å². The van der Waals surface area contributed by atoms with Gasteiger partial charge in [0.05, 0.1) is 5.56 Å². The Balaban J connectivity index is 2.45. The molecule has 19 heavy (non-hydrogen) atoms. The topological polar surface area (TPSA) is 41.5 Å². The molecule has 0 fully saturated rings. The molecule has 0 amide bonds. The monoisotopic (exact) mass is 277 g/mol. The molecule has 0 radical (unpaired) electrons. The van der Waals surface area contributed by atoms with Gasteiger partial charge in [-0.15, -0.1) is 0 Å². The van der Waals surface area contributed by atoms with Crippen LogP contribution < -0.4 is 10.1 Å². The first-order valence-corrected chi connectivity index (χ1v) is 6.12. The minimum atomic E-state index is -4.39. The van der Waals surface area contributed by atoms with Crippen LogP contribution in [-0.2, 0) is 6.18 Å². The van der Waals surface area contributed by atoms with Gasteiger partial charge in [-0.3, -0.25) is 0 Å². The summed E-state index contributed by atoms with van der Waals surface area (Å²) in [6.45, 7) is 3.09. The molecule has 3 nitrogen and oxygen atoms in total. The van der Waals surface area contributed by atoms with Crippen molar-refractivity contribution in [2.75, 3.05) is 19.7 Å². The van der Waals surface area contributed by atoms with Gasteiger partial charge in [-0.25, -0.2) is 0 Å². The highest BCUT2D eigenvalue weighted by molar-refractivity contribution is 5.30. The number of rotatable bonds is 7. The summed E-state index contributed by atoms with van der Waals surface area (Å²) >= 11 is 0. The van der Waals surface area contributed by atoms with Gasteiger partial charge >= 0.3 is 6.18 Å². The molecule has 2 N–H and O–H groups in total. The number of aliphatic hydroxyl groups is 1. The molecule has 108 valence electrons. The van der Waals surface area contributed by atoms with Crippen LogP contribution >= 0.6 is 0 Å². The first-order chi connectivity index (χ1) is 8.93. The van der Waals surface area contributed by atoms with Gasteiger partial charge in [0.1, 0.15) is 18.5 Å². The van der Waals surface area contributed by atoms with Gasteiger partial charge < -0.3 is 15.2 Å². The number of aliphatic hydroxyl groups excluding tert-OH is 1. The molecule has 1 aromatic rings. The molecule has 1 atom stereocenters. The first-order valence-electron chi connectivity index (χ1n) is 6.12. The molecule has 0 aliphatic carbocycles. The predicted molar refractivity (Wildman–Crippen MR) is 66.1 cm³/mol. The van der Waals surface area contributed by atoms with Crippen LogP contribution in [0.3, 0.4) is 0 Å². The van der Waals surface area contributed by atoms with E-state index in [0.717, 1.165) is 25.1 Å². The van der Waals surface area contributed by atoms with Crippen molar-refractivity contribution in [3.05, 3.63) is 29.8 Å². The number of hydrogen-bond acceptors (Lipinski definition) is 3. The molecule has 1 rings (SSSR count). The lowest BCUT2D eigenvalue weighted by Gasteiger charge is -2.14. The number of alkyl halides is 3. The number of ether oxygens (including phenoxy) is 1. The lowest BCUT2D eigenvalue weighted by Crippen LogP contribution is -2.31. The fraction of sp³-hybridized carbons (Fsp3) is 0.538. The fourth-order valence-corrected chi connectivity index (χ4v) is 1.46. The Labute approximate surface area is 110 Å². The van der Waals surface area contributed by atoms with E-state index in [-0.39, 0.29) is 12.4 Å². The second-order valence-corrected chi connectivity index (χ2v) is 4.19. The highest BCUT2D eigenvalue weighted by Gasteiger charge is 2.30. The van der Waals surface area contributed by atoms with Crippen molar-refractivity contribution in [3.8, 4) is 5.75 Å². The third kappa shape index (κ3) is 5.94. The highest BCUT2D eigenvalue weighted by atomic mass is 19.4. The van der Waals surface area contributed by atoms with E-state index >= 15 is 0 Å². The summed E-state index contributed by atoms with van der Waals surface area (Å²) < 4.78 is 42.5. The smallest absolute Gasteiger partial charge is 0.416 e. The van der Waals surface area contributed by atoms with Crippen LogP contribution in [0.1, 0.15) is 18.9 Å². The van der Waals surface area contributed by atoms with Gasteiger partial charge in [-0.1, -0.05) is 13.0 Å². The van der Waals surface area contributed by atoms with Crippen molar-refractivity contribution in [3.63, 3.8) is 0 Å². The molecule has 6 heteroatoms. The van der Waals surface area contributed by atoms with Crippen molar-refractivity contribution in [2.24, 2.45) is 0 Å². The average molecular weight is 277 g/mol. The van der Waals surface area contributed by atoms with Crippen LogP contribution in [0.4, 0.5) is 13.2 Å². The standard InChI is InChI=1S/C13H18F3NO2/c1-2-6-17-8-11(18)9-19-12-5-3-4-10(7-12)13(14,15)16/h3-5,7,11,17-18H,2,6,8-9H2,1H3. The maximum Gasteiger partial charge on any atom is 0.416 e. The third-order valence-corrected chi connectivity index (χ3v) is 2.41. The van der Waals surface area contributed by atoms with E-state index < -0.39 is 17.8 Å². The Morgan fingerprint density at radius 2 is 2.11 bits per heavy atom. The molecule has 1 unspecified atom stereocenters. The van der Waals surface area contributed by atoms with Gasteiger partial charge in [0.25, 0.3) is 0 Å². The second-order valence-electron chi connectivity index (χ2n) is 4.19. The van der Waals surface area contributed by atoms with E-state index in [0.29, 0.717) is 6.54 Å². The second kappa shape index (κ2) is 7.35. The van der Waals surface area contributed by atoms with Crippen LogP contribution in [-0.4, -0.2) is 30.9 Å². The molecule has 0 saturated carbocycles. The number of hydrogen-bond donors (Lipinski definition) is 2. The van der Waals surface area contributed by atoms with Crippen LogP contribution in [0.25, 0.3) is 0 Å². The summed E-state index contributed by atoms with van der Waals surface area (Å²) in [5.41, 5.74) is -0.761. The maximum absolute atomic E-state index is 12.5. The number of benzene rings is 1. The lowest BCUT2D eigenvalue weighted by molar-refractivity contribution is -0.137. The van der Waals surface area contributed by atoms with Gasteiger partial charge in [0, 0.05) is 6.54 Å². The molecular weight excluding hydrogens is 259 g/mol. The van der Waals surface area contributed by atoms with E-state index in [1.165, 1.54) is 12.1 Å². The summed E-state index contributed by atoms with van der Waals surface area (Å²) in [7, 11) is 0. The Hall–Kier alpha value is -1.27. The summed E-state index contributed by atoms with van der Waals surface area (Å²) in [5, 5.41) is 12.6. The van der Waals surface area contributed by atoms with Crippen LogP contribution in [0.15, 0.2) is 24.3 Å². The summed E-state index contributed by atoms with van der Waals surface area (Å²) in [4.78, 5) is 0. The van der Waals surface area contributed by atoms with Crippen molar-refractivity contribution in [2.45, 2.75) is 25.6 Å². The highest BCUT2D eigenvalue weighted by Crippen LogP contribution is 2.31. The van der Waals surface area contributed by atoms with Gasteiger partial charge in [-0.2, -0.15) is 13.2 Å². The van der Waals surface area contributed by atoms with Gasteiger partial charge in [0.2, 0.25) is 0 Å². The Kier molecular flexibility index (Phi) is 6.11. The van der Waals surface area contributed by atoms with E-state index in [9.17, 15) is 18.3 Å². The number of halogens is 3. The molecule has 0 aliphatic heterocycles. The van der Waals surface area contributed by atoms with E-state index in [1.807, 2.05) is 6.92 Å². The van der Waals surface area contributed by atoms with Gasteiger partial charge in [0.15, 0.2) is 0 Å². The fourth-order valence-electron chi connectivity index (χ4n) is 1.46. The van der Waals surface area contributed by atoms with E-state index in [2.05, 4.69) is 5.32 Å². The normalized spacial score (nSPS) is 13.3. The minimum absolute atomic E-state index is 0.0436. The zero-order valence-electron chi connectivity index (χ0n) is 10.7. The number of nitrogens with one attached hydrogen (secondary N) is 1. The minimum Gasteiger partial charge on any atom is -0.491 e. The molecule has 1 aromatic carbocycles. The molecule has 0 aliphatic rings. The van der Waals surface area contributed by atoms with Gasteiger partial charge in [-0.05, 0) is 31.2 Å². The predicted octanol–water partition coefficient (Wildman–Crippen LogP) is 2.44. The maximum atomic E-state index is 12.5. The van der Waals surface area contributed by atoms with Crippen molar-refractivity contribution in [1.82, 2.24) is 5.32 Å². The molecule has 0 spiro atoms. The zero-order chi connectivity index (χ0) is 14.3. The van der Waals surface area contributed by atoms with Crippen molar-refractivity contribution < 1.29 is 23.0 Å². The Morgan fingerprint density at radius 3 is 2.74 bits per heavy atom. The van der Waals surface area contributed by atoms with Crippen LogP contribution in [0, 0.1) is 0 Å². The van der Waals surface area contributed by atoms with E-state index in [4.69, 9.17) is 4.74 Å². The zero-order valence-corrected chi connectivity index (χ0v) is 10.7. The lowest BCUT2D eigenvalue weighted by atomic mass is 10.2. The van der Waals surface area contributed by atoms with Crippen molar-refractivity contribution in [1.29, 1.82) is 0 Å². The van der Waals surface area contributed by atoms with Crippen molar-refractivity contribution >= 4 is 0 Å². The third-order valence-electron chi connectivity index (χ3n) is 2.41. The average Bonchev–Trinajstić information content (AvgIpc) is 2.36. The molecular formula is C13H18F3NO2. The Bertz CT molecular complexity index is 382. The summed E-state index contributed by atoms with van der Waals surface area (Å²) in [6.07, 6.45) is -4.19. The Morgan fingerprint density at radius 1 is 1.37 bits per heavy atom. The summed E-state index contributed by atoms with van der Waals surface area (Å²) in [6, 6.07) is 4.61. The SMILES string of the molecule is CCCNCC(O)COc1cccc(C(F)(F)F)c1. The quantitative estimate of drug-likeness (QED) is 0.752.